The van der Waals surface area contributed by atoms with Crippen molar-refractivity contribution < 1.29 is 22.0 Å². The van der Waals surface area contributed by atoms with Crippen molar-refractivity contribution in [3.63, 3.8) is 0 Å². The molecule has 7 heteroatoms. The second-order valence-corrected chi connectivity index (χ2v) is 4.43. The Morgan fingerprint density at radius 1 is 0.810 bits per heavy atom. The fourth-order valence-electron chi connectivity index (χ4n) is 2.06. The van der Waals surface area contributed by atoms with Gasteiger partial charge in [0.25, 0.3) is 0 Å². The van der Waals surface area contributed by atoms with Gasteiger partial charge in [-0.1, -0.05) is 12.1 Å². The van der Waals surface area contributed by atoms with Crippen molar-refractivity contribution in [2.75, 3.05) is 0 Å². The number of rotatable bonds is 2. The number of benzene rings is 2. The summed E-state index contributed by atoms with van der Waals surface area (Å²) in [5, 5.41) is 0. The number of hydrogen-bond acceptors (Lipinski definition) is 1. The minimum Gasteiger partial charge on any atom is -0.342 e. The van der Waals surface area contributed by atoms with Gasteiger partial charge in [0.2, 0.25) is 5.82 Å². The maximum absolute atomic E-state index is 13.6. The van der Waals surface area contributed by atoms with Crippen LogP contribution in [0.25, 0.3) is 11.0 Å². The topological polar surface area (TPSA) is 28.7 Å². The number of hydrogen-bond donors (Lipinski definition) is 1. The van der Waals surface area contributed by atoms with E-state index in [4.69, 9.17) is 0 Å². The number of aromatic nitrogens is 2. The zero-order chi connectivity index (χ0) is 15.1. The van der Waals surface area contributed by atoms with Crippen molar-refractivity contribution in [1.29, 1.82) is 0 Å². The van der Waals surface area contributed by atoms with Gasteiger partial charge in [-0.2, -0.15) is 0 Å². The van der Waals surface area contributed by atoms with Crippen LogP contribution in [0.1, 0.15) is 11.4 Å². The Hall–Kier alpha value is -2.44. The molecule has 0 bridgehead atoms. The molecule has 0 amide bonds. The predicted octanol–water partition coefficient (Wildman–Crippen LogP) is 3.85. The summed E-state index contributed by atoms with van der Waals surface area (Å²) in [4.78, 5) is 6.81. The molecule has 2 aromatic carbocycles. The molecule has 2 nitrogen and oxygen atoms in total. The first kappa shape index (κ1) is 13.5. The third kappa shape index (κ3) is 2.14. The van der Waals surface area contributed by atoms with E-state index in [1.807, 2.05) is 0 Å². The molecule has 0 aliphatic rings. The van der Waals surface area contributed by atoms with E-state index in [-0.39, 0.29) is 5.82 Å². The van der Waals surface area contributed by atoms with Crippen LogP contribution in [-0.2, 0) is 6.42 Å². The number of nitrogens with zero attached hydrogens (tertiary/aromatic N) is 1. The van der Waals surface area contributed by atoms with E-state index in [2.05, 4.69) is 9.97 Å². The van der Waals surface area contributed by atoms with Crippen LogP contribution in [0.15, 0.2) is 24.3 Å². The summed E-state index contributed by atoms with van der Waals surface area (Å²) >= 11 is 0. The first-order valence-corrected chi connectivity index (χ1v) is 5.93. The molecule has 1 heterocycles. The summed E-state index contributed by atoms with van der Waals surface area (Å²) in [6.07, 6.45) is -0.527. The molecule has 0 unspecified atom stereocenters. The van der Waals surface area contributed by atoms with Crippen LogP contribution in [0.3, 0.4) is 0 Å². The van der Waals surface area contributed by atoms with Crippen LogP contribution in [0, 0.1) is 29.1 Å². The van der Waals surface area contributed by atoms with Crippen molar-refractivity contribution in [3.8, 4) is 0 Å². The van der Waals surface area contributed by atoms with Crippen molar-refractivity contribution in [3.05, 3.63) is 64.7 Å². The third-order valence-corrected chi connectivity index (χ3v) is 3.08. The summed E-state index contributed by atoms with van der Waals surface area (Å²) in [7, 11) is 0. The number of aromatic amines is 1. The van der Waals surface area contributed by atoms with Crippen molar-refractivity contribution in [2.24, 2.45) is 0 Å². The summed E-state index contributed by atoms with van der Waals surface area (Å²) in [5.41, 5.74) is 0.234. The van der Waals surface area contributed by atoms with Gasteiger partial charge in [-0.15, -0.1) is 0 Å². The number of H-pyrrole nitrogens is 1. The largest absolute Gasteiger partial charge is 0.342 e. The van der Waals surface area contributed by atoms with Crippen LogP contribution in [0.2, 0.25) is 0 Å². The molecule has 21 heavy (non-hydrogen) atoms. The van der Waals surface area contributed by atoms with Crippen LogP contribution >= 0.6 is 0 Å². The van der Waals surface area contributed by atoms with E-state index in [1.54, 1.807) is 24.3 Å². The zero-order valence-corrected chi connectivity index (χ0v) is 10.4. The average molecular weight is 298 g/mol. The van der Waals surface area contributed by atoms with Gasteiger partial charge >= 0.3 is 0 Å². The quantitative estimate of drug-likeness (QED) is 0.434. The lowest BCUT2D eigenvalue weighted by molar-refractivity contribution is 0.371. The molecule has 0 saturated heterocycles. The number of fused-ring (bicyclic) bond motifs is 1. The van der Waals surface area contributed by atoms with Gasteiger partial charge in [-0.3, -0.25) is 0 Å². The zero-order valence-electron chi connectivity index (χ0n) is 10.4. The monoisotopic (exact) mass is 298 g/mol. The van der Waals surface area contributed by atoms with Crippen LogP contribution in [0.5, 0.6) is 0 Å². The molecule has 0 fully saturated rings. The summed E-state index contributed by atoms with van der Waals surface area (Å²) < 4.78 is 66.4. The van der Waals surface area contributed by atoms with Gasteiger partial charge in [-0.25, -0.2) is 26.9 Å². The first-order chi connectivity index (χ1) is 9.99. The molecule has 108 valence electrons. The molecular weight excluding hydrogens is 291 g/mol. The highest BCUT2D eigenvalue weighted by atomic mass is 19.2. The fraction of sp³-hybridized carbons (Fsp3) is 0.0714. The van der Waals surface area contributed by atoms with Gasteiger partial charge in [0.15, 0.2) is 23.3 Å². The molecule has 3 rings (SSSR count). The highest BCUT2D eigenvalue weighted by Crippen LogP contribution is 2.25. The van der Waals surface area contributed by atoms with Crippen LogP contribution < -0.4 is 0 Å². The molecule has 1 N–H and O–H groups in total. The summed E-state index contributed by atoms with van der Waals surface area (Å²) in [6, 6.07) is 6.78. The Labute approximate surface area is 115 Å². The second-order valence-electron chi connectivity index (χ2n) is 4.43. The van der Waals surface area contributed by atoms with E-state index >= 15 is 0 Å². The van der Waals surface area contributed by atoms with Crippen LogP contribution in [-0.4, -0.2) is 9.97 Å². The molecule has 0 aliphatic carbocycles. The summed E-state index contributed by atoms with van der Waals surface area (Å²) in [6.45, 7) is 0. The summed E-state index contributed by atoms with van der Waals surface area (Å²) in [5.74, 6) is -9.66. The first-order valence-electron chi connectivity index (χ1n) is 5.93. The average Bonchev–Trinajstić information content (AvgIpc) is 2.90. The molecule has 0 aliphatic heterocycles. The third-order valence-electron chi connectivity index (χ3n) is 3.08. The molecule has 0 spiro atoms. The van der Waals surface area contributed by atoms with E-state index in [0.29, 0.717) is 11.0 Å². The van der Waals surface area contributed by atoms with Crippen molar-refractivity contribution in [2.45, 2.75) is 6.42 Å². The smallest absolute Gasteiger partial charge is 0.200 e. The fourth-order valence-corrected chi connectivity index (χ4v) is 2.06. The molecule has 3 aromatic rings. The Kier molecular flexibility index (Phi) is 3.12. The lowest BCUT2D eigenvalue weighted by Gasteiger charge is -2.06. The van der Waals surface area contributed by atoms with Crippen LogP contribution in [0.4, 0.5) is 22.0 Å². The lowest BCUT2D eigenvalue weighted by atomic mass is 10.1. The molecular formula is C14H7F5N2. The van der Waals surface area contributed by atoms with Gasteiger partial charge in [0, 0.05) is 12.0 Å². The highest BCUT2D eigenvalue weighted by molar-refractivity contribution is 5.74. The Morgan fingerprint density at radius 2 is 1.38 bits per heavy atom. The highest BCUT2D eigenvalue weighted by Gasteiger charge is 2.26. The van der Waals surface area contributed by atoms with Crippen molar-refractivity contribution >= 4 is 11.0 Å². The number of halogens is 5. The normalized spacial score (nSPS) is 11.3. The molecule has 1 aromatic heterocycles. The van der Waals surface area contributed by atoms with Gasteiger partial charge in [0.05, 0.1) is 11.0 Å². The van der Waals surface area contributed by atoms with Gasteiger partial charge < -0.3 is 4.98 Å². The minimum atomic E-state index is -2.17. The number of imidazole rings is 1. The minimum absolute atomic E-state index is 0.111. The maximum Gasteiger partial charge on any atom is 0.200 e. The van der Waals surface area contributed by atoms with E-state index in [9.17, 15) is 22.0 Å². The van der Waals surface area contributed by atoms with E-state index in [1.165, 1.54) is 0 Å². The van der Waals surface area contributed by atoms with Gasteiger partial charge in [-0.05, 0) is 12.1 Å². The van der Waals surface area contributed by atoms with E-state index < -0.39 is 41.1 Å². The number of para-hydroxylation sites is 2. The Morgan fingerprint density at radius 3 is 2.00 bits per heavy atom. The van der Waals surface area contributed by atoms with Gasteiger partial charge in [0.1, 0.15) is 5.82 Å². The predicted molar refractivity (Wildman–Crippen MR) is 65.1 cm³/mol. The van der Waals surface area contributed by atoms with Crippen molar-refractivity contribution in [1.82, 2.24) is 9.97 Å². The maximum atomic E-state index is 13.6. The Balaban J connectivity index is 2.09. The van der Waals surface area contributed by atoms with E-state index in [0.717, 1.165) is 0 Å². The SMILES string of the molecule is Fc1c(F)c(F)c(Cc2nc3ccccc3[nH]2)c(F)c1F. The molecule has 0 saturated carbocycles. The standard InChI is InChI=1S/C14H7F5N2/c15-10-6(11(16)13(18)14(19)12(10)17)5-9-20-7-3-1-2-4-8(7)21-9/h1-4H,5H2,(H,20,21). The molecule has 0 atom stereocenters. The Bertz CT molecular complexity index is 779. The lowest BCUT2D eigenvalue weighted by Crippen LogP contribution is -2.08. The second kappa shape index (κ2) is 4.83. The molecule has 0 radical (unpaired) electrons. The number of nitrogens with one attached hydrogen (secondary N) is 1.